The van der Waals surface area contributed by atoms with Crippen molar-refractivity contribution in [2.75, 3.05) is 13.2 Å². The number of esters is 1. The van der Waals surface area contributed by atoms with Crippen LogP contribution in [0.5, 0.6) is 0 Å². The maximum atomic E-state index is 12.0. The van der Waals surface area contributed by atoms with Crippen LogP contribution in [0.4, 0.5) is 0 Å². The van der Waals surface area contributed by atoms with Crippen LogP contribution in [0.15, 0.2) is 6.07 Å². The van der Waals surface area contributed by atoms with Gasteiger partial charge in [-0.25, -0.2) is 4.79 Å². The minimum Gasteiger partial charge on any atom is -0.477 e. The van der Waals surface area contributed by atoms with Crippen molar-refractivity contribution in [2.24, 2.45) is 0 Å². The van der Waals surface area contributed by atoms with Crippen LogP contribution in [0.2, 0.25) is 0 Å². The fraction of sp³-hybridized carbons (Fsp3) is 0.571. The zero-order valence-electron chi connectivity index (χ0n) is 11.9. The summed E-state index contributed by atoms with van der Waals surface area (Å²) in [5.74, 6) is -1.13. The number of carbonyl (C=O) groups is 2. The summed E-state index contributed by atoms with van der Waals surface area (Å²) in [7, 11) is 0. The van der Waals surface area contributed by atoms with Gasteiger partial charge in [0.25, 0.3) is 0 Å². The Morgan fingerprint density at radius 2 is 2.20 bits per heavy atom. The molecule has 1 aliphatic heterocycles. The summed E-state index contributed by atoms with van der Waals surface area (Å²) < 4.78 is 5.12. The Balaban J connectivity index is 2.18. The van der Waals surface area contributed by atoms with E-state index in [0.717, 1.165) is 23.4 Å². The van der Waals surface area contributed by atoms with E-state index >= 15 is 0 Å². The molecule has 1 N–H and O–H groups in total. The van der Waals surface area contributed by atoms with Crippen molar-refractivity contribution < 1.29 is 19.4 Å². The van der Waals surface area contributed by atoms with Gasteiger partial charge in [-0.15, -0.1) is 11.3 Å². The lowest BCUT2D eigenvalue weighted by atomic mass is 9.98. The summed E-state index contributed by atoms with van der Waals surface area (Å²) in [5.41, 5.74) is 0.315. The number of nitrogens with zero attached hydrogens (tertiary/aromatic N) is 1. The van der Waals surface area contributed by atoms with E-state index in [1.165, 1.54) is 11.3 Å². The van der Waals surface area contributed by atoms with Gasteiger partial charge in [-0.2, -0.15) is 0 Å². The van der Waals surface area contributed by atoms with Gasteiger partial charge >= 0.3 is 11.9 Å². The van der Waals surface area contributed by atoms with Gasteiger partial charge in [0, 0.05) is 18.0 Å². The molecule has 5 nitrogen and oxygen atoms in total. The molecule has 1 aromatic heterocycles. The lowest BCUT2D eigenvalue weighted by Gasteiger charge is -2.38. The van der Waals surface area contributed by atoms with Gasteiger partial charge in [0.15, 0.2) is 0 Å². The number of carboxylic acids is 1. The molecule has 0 spiro atoms. The first kappa shape index (κ1) is 15.0. The predicted molar refractivity (Wildman–Crippen MR) is 76.1 cm³/mol. The number of aromatic carboxylic acids is 1. The van der Waals surface area contributed by atoms with Crippen LogP contribution >= 0.6 is 11.3 Å². The van der Waals surface area contributed by atoms with E-state index in [4.69, 9.17) is 9.84 Å². The summed E-state index contributed by atoms with van der Waals surface area (Å²) in [6.45, 7) is 7.17. The van der Waals surface area contributed by atoms with Crippen molar-refractivity contribution in [3.8, 4) is 0 Å². The molecular formula is C14H19NO4S. The Kier molecular flexibility index (Phi) is 4.15. The number of fused-ring (bicyclic) bond motifs is 1. The normalized spacial score (nSPS) is 15.8. The monoisotopic (exact) mass is 297 g/mol. The van der Waals surface area contributed by atoms with Crippen molar-refractivity contribution >= 4 is 23.3 Å². The van der Waals surface area contributed by atoms with Crippen LogP contribution in [-0.2, 0) is 22.5 Å². The molecule has 1 aromatic rings. The zero-order valence-corrected chi connectivity index (χ0v) is 12.7. The van der Waals surface area contributed by atoms with Gasteiger partial charge in [0.05, 0.1) is 6.61 Å². The number of carboxylic acid groups (broad SMARTS) is 1. The Hall–Kier alpha value is -1.40. The predicted octanol–water partition coefficient (Wildman–Crippen LogP) is 2.15. The van der Waals surface area contributed by atoms with Crippen molar-refractivity contribution in [1.29, 1.82) is 0 Å². The van der Waals surface area contributed by atoms with Crippen LogP contribution in [0, 0.1) is 0 Å². The number of carbonyl (C=O) groups excluding carboxylic acids is 1. The fourth-order valence-corrected chi connectivity index (χ4v) is 3.35. The number of hydrogen-bond acceptors (Lipinski definition) is 5. The lowest BCUT2D eigenvalue weighted by Crippen LogP contribution is -2.52. The summed E-state index contributed by atoms with van der Waals surface area (Å²) in [6.07, 6.45) is 0.774. The molecule has 0 unspecified atom stereocenters. The minimum absolute atomic E-state index is 0.239. The quantitative estimate of drug-likeness (QED) is 0.863. The molecule has 6 heteroatoms. The summed E-state index contributed by atoms with van der Waals surface area (Å²) in [4.78, 5) is 26.6. The molecule has 2 rings (SSSR count). The first-order chi connectivity index (χ1) is 9.36. The van der Waals surface area contributed by atoms with Gasteiger partial charge in [-0.1, -0.05) is 0 Å². The number of rotatable bonds is 4. The highest BCUT2D eigenvalue weighted by atomic mass is 32.1. The zero-order chi connectivity index (χ0) is 14.9. The largest absolute Gasteiger partial charge is 0.477 e. The van der Waals surface area contributed by atoms with Crippen LogP contribution in [0.3, 0.4) is 0 Å². The molecule has 0 bridgehead atoms. The first-order valence-electron chi connectivity index (χ1n) is 6.63. The summed E-state index contributed by atoms with van der Waals surface area (Å²) in [5, 5.41) is 9.04. The van der Waals surface area contributed by atoms with Gasteiger partial charge in [-0.05, 0) is 38.8 Å². The Labute approximate surface area is 122 Å². The maximum absolute atomic E-state index is 12.0. The molecule has 0 saturated carbocycles. The molecular weight excluding hydrogens is 278 g/mol. The molecule has 0 aliphatic carbocycles. The van der Waals surface area contributed by atoms with Crippen LogP contribution in [-0.4, -0.2) is 40.6 Å². The Bertz CT molecular complexity index is 535. The molecule has 2 heterocycles. The third-order valence-corrected chi connectivity index (χ3v) is 4.87. The van der Waals surface area contributed by atoms with Gasteiger partial charge < -0.3 is 9.84 Å². The molecule has 0 atom stereocenters. The van der Waals surface area contributed by atoms with E-state index in [2.05, 4.69) is 0 Å². The maximum Gasteiger partial charge on any atom is 0.345 e. The molecule has 0 radical (unpaired) electrons. The molecule has 110 valence electrons. The van der Waals surface area contributed by atoms with Crippen molar-refractivity contribution in [1.82, 2.24) is 4.90 Å². The lowest BCUT2D eigenvalue weighted by molar-refractivity contribution is -0.156. The van der Waals surface area contributed by atoms with Crippen LogP contribution < -0.4 is 0 Å². The fourth-order valence-electron chi connectivity index (χ4n) is 2.35. The third kappa shape index (κ3) is 2.71. The number of hydrogen-bond donors (Lipinski definition) is 1. The van der Waals surface area contributed by atoms with E-state index in [1.807, 2.05) is 18.7 Å². The summed E-state index contributed by atoms with van der Waals surface area (Å²) in [6, 6.07) is 1.72. The van der Waals surface area contributed by atoms with Gasteiger partial charge in [0.2, 0.25) is 0 Å². The molecule has 0 aromatic carbocycles. The van der Waals surface area contributed by atoms with E-state index < -0.39 is 11.5 Å². The average molecular weight is 297 g/mol. The highest BCUT2D eigenvalue weighted by Gasteiger charge is 2.38. The topological polar surface area (TPSA) is 66.8 Å². The van der Waals surface area contributed by atoms with E-state index in [1.54, 1.807) is 13.0 Å². The van der Waals surface area contributed by atoms with Gasteiger partial charge in [-0.3, -0.25) is 9.69 Å². The average Bonchev–Trinajstić information content (AvgIpc) is 2.81. The van der Waals surface area contributed by atoms with Crippen molar-refractivity contribution in [3.63, 3.8) is 0 Å². The Morgan fingerprint density at radius 1 is 1.50 bits per heavy atom. The standard InChI is InChI=1S/C14H19NO4S/c1-4-19-13(18)14(2,3)15-6-5-10-9(8-15)7-11(20-10)12(16)17/h7H,4-6,8H2,1-3H3,(H,16,17). The minimum atomic E-state index is -0.888. The molecule has 0 fully saturated rings. The second kappa shape index (κ2) is 5.54. The van der Waals surface area contributed by atoms with Gasteiger partial charge in [0.1, 0.15) is 10.4 Å². The second-order valence-corrected chi connectivity index (χ2v) is 6.45. The van der Waals surface area contributed by atoms with E-state index in [0.29, 0.717) is 18.0 Å². The van der Waals surface area contributed by atoms with Crippen LogP contribution in [0.1, 0.15) is 40.9 Å². The Morgan fingerprint density at radius 3 is 2.80 bits per heavy atom. The molecule has 1 aliphatic rings. The van der Waals surface area contributed by atoms with E-state index in [-0.39, 0.29) is 5.97 Å². The van der Waals surface area contributed by atoms with E-state index in [9.17, 15) is 9.59 Å². The highest BCUT2D eigenvalue weighted by molar-refractivity contribution is 7.14. The first-order valence-corrected chi connectivity index (χ1v) is 7.45. The summed E-state index contributed by atoms with van der Waals surface area (Å²) >= 11 is 1.33. The smallest absolute Gasteiger partial charge is 0.345 e. The number of ether oxygens (including phenoxy) is 1. The van der Waals surface area contributed by atoms with Crippen LogP contribution in [0.25, 0.3) is 0 Å². The third-order valence-electron chi connectivity index (χ3n) is 3.64. The molecule has 0 amide bonds. The second-order valence-electron chi connectivity index (χ2n) is 5.32. The SMILES string of the molecule is CCOC(=O)C(C)(C)N1CCc2sc(C(=O)O)cc2C1. The van der Waals surface area contributed by atoms with Crippen molar-refractivity contribution in [2.45, 2.75) is 39.3 Å². The molecule has 20 heavy (non-hydrogen) atoms. The molecule has 0 saturated heterocycles. The highest BCUT2D eigenvalue weighted by Crippen LogP contribution is 2.31. The van der Waals surface area contributed by atoms with Crippen molar-refractivity contribution in [3.05, 3.63) is 21.4 Å². The number of thiophene rings is 1.